The average Bonchev–Trinajstić information content (AvgIpc) is 1.95. The molecule has 2 atom stereocenters. The van der Waals surface area contributed by atoms with Crippen molar-refractivity contribution >= 4 is 37.6 Å². The fourth-order valence-corrected chi connectivity index (χ4v) is 2.60. The van der Waals surface area contributed by atoms with Crippen LogP contribution in [0.5, 0.6) is 0 Å². The van der Waals surface area contributed by atoms with Crippen LogP contribution in [0.25, 0.3) is 0 Å². The van der Waals surface area contributed by atoms with Gasteiger partial charge in [-0.25, -0.2) is 0 Å². The van der Waals surface area contributed by atoms with Crippen molar-refractivity contribution in [2.24, 2.45) is 5.92 Å². The minimum Gasteiger partial charge on any atom is -0.298 e. The third-order valence-electron chi connectivity index (χ3n) is 2.90. The highest BCUT2D eigenvalue weighted by molar-refractivity contribution is 9.13. The smallest absolute Gasteiger partial charge is 0.151 e. The second-order valence-corrected chi connectivity index (χ2v) is 7.88. The summed E-state index contributed by atoms with van der Waals surface area (Å²) in [7, 11) is 0. The normalized spacial score (nSPS) is 36.4. The molecular formula is C10H16Br2O. The van der Waals surface area contributed by atoms with Gasteiger partial charge in [0.05, 0.1) is 4.32 Å². The Morgan fingerprint density at radius 2 is 2.08 bits per heavy atom. The summed E-state index contributed by atoms with van der Waals surface area (Å²) in [5.74, 6) is 0.890. The van der Waals surface area contributed by atoms with Gasteiger partial charge in [0.1, 0.15) is 0 Å². The highest BCUT2D eigenvalue weighted by Gasteiger charge is 2.49. The van der Waals surface area contributed by atoms with E-state index >= 15 is 0 Å². The first kappa shape index (κ1) is 11.7. The fraction of sp³-hybridized carbons (Fsp3) is 0.900. The number of Topliss-reactive ketones (excluding diaryl/α,β-unsaturated/α-hetero) is 1. The molecule has 0 bridgehead atoms. The van der Waals surface area contributed by atoms with Gasteiger partial charge in [0.2, 0.25) is 0 Å². The van der Waals surface area contributed by atoms with Gasteiger partial charge in [0.25, 0.3) is 0 Å². The number of carbonyl (C=O) groups excluding carboxylic acids is 1. The Hall–Kier alpha value is 0.630. The lowest BCUT2D eigenvalue weighted by Crippen LogP contribution is -2.50. The molecule has 0 heterocycles. The van der Waals surface area contributed by atoms with Crippen LogP contribution in [0.1, 0.15) is 40.0 Å². The Bertz CT molecular complexity index is 219. The summed E-state index contributed by atoms with van der Waals surface area (Å²) < 4.78 is -0.510. The number of ketones is 1. The molecule has 1 nitrogen and oxygen atoms in total. The monoisotopic (exact) mass is 310 g/mol. The van der Waals surface area contributed by atoms with Crippen molar-refractivity contribution in [2.45, 2.75) is 48.7 Å². The molecule has 1 aliphatic rings. The Morgan fingerprint density at radius 1 is 1.54 bits per heavy atom. The van der Waals surface area contributed by atoms with Crippen LogP contribution in [-0.4, -0.2) is 14.4 Å². The molecule has 0 aromatic rings. The van der Waals surface area contributed by atoms with E-state index in [0.29, 0.717) is 18.1 Å². The van der Waals surface area contributed by atoms with E-state index in [1.54, 1.807) is 0 Å². The van der Waals surface area contributed by atoms with E-state index in [4.69, 9.17) is 0 Å². The number of halogens is 2. The van der Waals surface area contributed by atoms with Gasteiger partial charge in [0.15, 0.2) is 5.78 Å². The molecule has 0 radical (unpaired) electrons. The summed E-state index contributed by atoms with van der Waals surface area (Å²) in [5.41, 5.74) is 0. The van der Waals surface area contributed by atoms with Gasteiger partial charge in [-0.2, -0.15) is 0 Å². The summed E-state index contributed by atoms with van der Waals surface area (Å²) in [4.78, 5) is 11.9. The Labute approximate surface area is 96.9 Å². The van der Waals surface area contributed by atoms with Crippen LogP contribution in [0.15, 0.2) is 0 Å². The van der Waals surface area contributed by atoms with E-state index in [0.717, 1.165) is 12.8 Å². The quantitative estimate of drug-likeness (QED) is 0.675. The van der Waals surface area contributed by atoms with Crippen molar-refractivity contribution in [2.75, 3.05) is 0 Å². The molecule has 1 aliphatic carbocycles. The van der Waals surface area contributed by atoms with Crippen LogP contribution >= 0.6 is 31.9 Å². The number of hydrogen-bond acceptors (Lipinski definition) is 1. The second kappa shape index (κ2) is 3.65. The summed E-state index contributed by atoms with van der Waals surface area (Å²) in [6.07, 6.45) is 2.78. The average molecular weight is 312 g/mol. The first-order chi connectivity index (χ1) is 5.77. The van der Waals surface area contributed by atoms with Crippen molar-refractivity contribution in [1.29, 1.82) is 0 Å². The van der Waals surface area contributed by atoms with E-state index in [1.165, 1.54) is 0 Å². The summed E-state index contributed by atoms with van der Waals surface area (Å²) in [6, 6.07) is 0. The van der Waals surface area contributed by atoms with Crippen LogP contribution in [0.3, 0.4) is 0 Å². The summed E-state index contributed by atoms with van der Waals surface area (Å²) in [6.45, 7) is 6.25. The lowest BCUT2D eigenvalue weighted by molar-refractivity contribution is -0.124. The molecule has 0 spiro atoms. The molecule has 3 heteroatoms. The van der Waals surface area contributed by atoms with Gasteiger partial charge in [-0.3, -0.25) is 4.79 Å². The molecule has 1 saturated carbocycles. The number of alkyl halides is 2. The lowest BCUT2D eigenvalue weighted by Gasteiger charge is -2.41. The Balaban J connectivity index is 2.86. The zero-order valence-corrected chi connectivity index (χ0v) is 11.5. The van der Waals surface area contributed by atoms with E-state index in [9.17, 15) is 4.79 Å². The van der Waals surface area contributed by atoms with Crippen LogP contribution in [0.4, 0.5) is 0 Å². The predicted octanol–water partition coefficient (Wildman–Crippen LogP) is 3.68. The van der Waals surface area contributed by atoms with Crippen molar-refractivity contribution in [3.05, 3.63) is 0 Å². The zero-order valence-electron chi connectivity index (χ0n) is 8.36. The lowest BCUT2D eigenvalue weighted by atomic mass is 9.76. The molecule has 0 aromatic heterocycles. The number of hydrogen-bond donors (Lipinski definition) is 0. The number of rotatable bonds is 1. The molecule has 13 heavy (non-hydrogen) atoms. The molecule has 1 rings (SSSR count). The van der Waals surface area contributed by atoms with E-state index in [1.807, 2.05) is 0 Å². The molecule has 0 N–H and O–H groups in total. The topological polar surface area (TPSA) is 17.1 Å². The summed E-state index contributed by atoms with van der Waals surface area (Å²) in [5, 5.41) is 0. The molecule has 0 aromatic carbocycles. The van der Waals surface area contributed by atoms with Gasteiger partial charge >= 0.3 is 0 Å². The summed E-state index contributed by atoms with van der Waals surface area (Å²) >= 11 is 7.20. The first-order valence-electron chi connectivity index (χ1n) is 4.68. The van der Waals surface area contributed by atoms with Crippen molar-refractivity contribution in [1.82, 2.24) is 0 Å². The van der Waals surface area contributed by atoms with Crippen LogP contribution in [0.2, 0.25) is 0 Å². The number of carbonyl (C=O) groups is 1. The molecule has 0 saturated heterocycles. The van der Waals surface area contributed by atoms with E-state index in [2.05, 4.69) is 52.6 Å². The maximum atomic E-state index is 11.9. The molecular weight excluding hydrogens is 296 g/mol. The molecule has 0 aliphatic heterocycles. The van der Waals surface area contributed by atoms with E-state index in [-0.39, 0.29) is 8.65 Å². The highest BCUT2D eigenvalue weighted by Crippen LogP contribution is 2.47. The van der Waals surface area contributed by atoms with Gasteiger partial charge in [-0.1, -0.05) is 38.8 Å². The first-order valence-corrected chi connectivity index (χ1v) is 6.27. The second-order valence-electron chi connectivity index (χ2n) is 4.54. The van der Waals surface area contributed by atoms with Gasteiger partial charge in [-0.15, -0.1) is 0 Å². The molecule has 1 fully saturated rings. The van der Waals surface area contributed by atoms with E-state index < -0.39 is 0 Å². The Morgan fingerprint density at radius 3 is 2.46 bits per heavy atom. The minimum absolute atomic E-state index is 0.156. The third-order valence-corrected chi connectivity index (χ3v) is 5.94. The highest BCUT2D eigenvalue weighted by atomic mass is 79.9. The van der Waals surface area contributed by atoms with Crippen molar-refractivity contribution in [3.8, 4) is 0 Å². The predicted molar refractivity (Wildman–Crippen MR) is 62.7 cm³/mol. The minimum atomic E-state index is -0.355. The largest absolute Gasteiger partial charge is 0.298 e. The molecule has 76 valence electrons. The van der Waals surface area contributed by atoms with Crippen LogP contribution in [0, 0.1) is 5.92 Å². The van der Waals surface area contributed by atoms with Gasteiger partial charge < -0.3 is 0 Å². The SMILES string of the molecule is C[C@@H]1CCC(Br)(C(C)(C)Br)C(=O)C1. The standard InChI is InChI=1S/C10H16Br2O/c1-7-4-5-10(12,8(13)6-7)9(2,3)11/h7H,4-6H2,1-3H3/t7-,10?/m1/s1. The third kappa shape index (κ3) is 2.17. The fourth-order valence-electron chi connectivity index (χ4n) is 1.79. The molecule has 1 unspecified atom stereocenters. The Kier molecular flexibility index (Phi) is 3.29. The van der Waals surface area contributed by atoms with Crippen molar-refractivity contribution in [3.63, 3.8) is 0 Å². The molecule has 0 amide bonds. The van der Waals surface area contributed by atoms with Crippen LogP contribution in [-0.2, 0) is 4.79 Å². The van der Waals surface area contributed by atoms with Gasteiger partial charge in [-0.05, 0) is 32.6 Å². The van der Waals surface area contributed by atoms with Crippen LogP contribution < -0.4 is 0 Å². The maximum absolute atomic E-state index is 11.9. The zero-order chi connectivity index (χ0) is 10.3. The van der Waals surface area contributed by atoms with Gasteiger partial charge in [0, 0.05) is 10.7 Å². The van der Waals surface area contributed by atoms with Crippen molar-refractivity contribution < 1.29 is 4.79 Å². The maximum Gasteiger partial charge on any atom is 0.151 e.